The van der Waals surface area contributed by atoms with Crippen molar-refractivity contribution in [2.75, 3.05) is 24.9 Å². The van der Waals surface area contributed by atoms with Gasteiger partial charge in [0, 0.05) is 36.7 Å². The van der Waals surface area contributed by atoms with E-state index < -0.39 is 34.5 Å². The Morgan fingerprint density at radius 3 is 2.27 bits per heavy atom. The quantitative estimate of drug-likeness (QED) is 0.461. The van der Waals surface area contributed by atoms with Gasteiger partial charge in [-0.3, -0.25) is 9.59 Å². The third kappa shape index (κ3) is 7.34. The van der Waals surface area contributed by atoms with Crippen LogP contribution in [0.15, 0.2) is 42.5 Å². The zero-order valence-corrected chi connectivity index (χ0v) is 23.3. The molecule has 1 unspecified atom stereocenters. The van der Waals surface area contributed by atoms with E-state index in [-0.39, 0.29) is 24.2 Å². The van der Waals surface area contributed by atoms with Crippen LogP contribution in [-0.2, 0) is 26.3 Å². The van der Waals surface area contributed by atoms with Crippen LogP contribution in [0.25, 0.3) is 0 Å². The monoisotopic (exact) mass is 572 g/mol. The first-order chi connectivity index (χ1) is 17.4. The zero-order chi connectivity index (χ0) is 27.3. The van der Waals surface area contributed by atoms with E-state index in [4.69, 9.17) is 23.2 Å². The smallest absolute Gasteiger partial charge is 0.304 e. The molecule has 0 spiro atoms. The van der Waals surface area contributed by atoms with Gasteiger partial charge in [0.15, 0.2) is 0 Å². The molecule has 1 fully saturated rings. The van der Waals surface area contributed by atoms with E-state index in [0.29, 0.717) is 15.6 Å². The Bertz CT molecular complexity index is 1220. The fourth-order valence-corrected chi connectivity index (χ4v) is 5.66. The van der Waals surface area contributed by atoms with Gasteiger partial charge in [-0.1, -0.05) is 42.1 Å². The summed E-state index contributed by atoms with van der Waals surface area (Å²) in [4.78, 5) is 28.1. The first kappa shape index (κ1) is 29.2. The average Bonchev–Trinajstić information content (AvgIpc) is 3.35. The van der Waals surface area contributed by atoms with Crippen molar-refractivity contribution in [2.24, 2.45) is 0 Å². The number of rotatable bonds is 10. The molecule has 0 aromatic heterocycles. The number of nitrogens with zero attached hydrogens (tertiary/aromatic N) is 3. The molecule has 3 rings (SSSR count). The van der Waals surface area contributed by atoms with Crippen LogP contribution >= 0.6 is 23.2 Å². The normalized spacial score (nSPS) is 15.0. The predicted octanol–water partition coefficient (Wildman–Crippen LogP) is 4.22. The number of amides is 2. The summed E-state index contributed by atoms with van der Waals surface area (Å²) in [6, 6.07) is 8.71. The Morgan fingerprint density at radius 1 is 1.08 bits per heavy atom. The van der Waals surface area contributed by atoms with E-state index in [9.17, 15) is 22.4 Å². The average molecular weight is 574 g/mol. The summed E-state index contributed by atoms with van der Waals surface area (Å²) >= 11 is 12.4. The minimum absolute atomic E-state index is 0.0378. The van der Waals surface area contributed by atoms with Crippen molar-refractivity contribution in [2.45, 2.75) is 51.2 Å². The molecule has 8 nitrogen and oxygen atoms in total. The number of benzene rings is 2. The Hall–Kier alpha value is -2.40. The molecule has 0 heterocycles. The SMILES string of the molecule is CC(C(=O)NC1CCCC1)N(Cc1ccc(Cl)cc1Cl)C(=O)CN(c1ccc(F)cc1)S(=O)(=O)N(C)C. The minimum atomic E-state index is -4.13. The molecular weight excluding hydrogens is 542 g/mol. The highest BCUT2D eigenvalue weighted by molar-refractivity contribution is 7.90. The number of nitrogens with one attached hydrogen (secondary N) is 1. The van der Waals surface area contributed by atoms with Crippen molar-refractivity contribution < 1.29 is 22.4 Å². The third-order valence-electron chi connectivity index (χ3n) is 6.36. The van der Waals surface area contributed by atoms with E-state index in [1.165, 1.54) is 37.2 Å². The summed E-state index contributed by atoms with van der Waals surface area (Å²) in [6.07, 6.45) is 3.79. The van der Waals surface area contributed by atoms with Crippen molar-refractivity contribution in [1.82, 2.24) is 14.5 Å². The predicted molar refractivity (Wildman–Crippen MR) is 143 cm³/mol. The summed E-state index contributed by atoms with van der Waals surface area (Å²) in [7, 11) is -1.47. The molecule has 1 N–H and O–H groups in total. The Balaban J connectivity index is 1.94. The van der Waals surface area contributed by atoms with Crippen LogP contribution in [0, 0.1) is 5.82 Å². The molecule has 2 aromatic carbocycles. The number of carbonyl (C=O) groups excluding carboxylic acids is 2. The number of hydrogen-bond acceptors (Lipinski definition) is 4. The van der Waals surface area contributed by atoms with Crippen LogP contribution in [0.4, 0.5) is 10.1 Å². The molecule has 0 radical (unpaired) electrons. The van der Waals surface area contributed by atoms with Gasteiger partial charge in [0.1, 0.15) is 18.4 Å². The maximum Gasteiger partial charge on any atom is 0.304 e. The van der Waals surface area contributed by atoms with E-state index in [2.05, 4.69) is 5.32 Å². The lowest BCUT2D eigenvalue weighted by molar-refractivity contribution is -0.139. The fraction of sp³-hybridized carbons (Fsp3) is 0.440. The molecule has 0 aliphatic heterocycles. The van der Waals surface area contributed by atoms with Gasteiger partial charge in [0.25, 0.3) is 0 Å². The first-order valence-electron chi connectivity index (χ1n) is 11.9. The van der Waals surface area contributed by atoms with Crippen molar-refractivity contribution in [3.63, 3.8) is 0 Å². The number of hydrogen-bond donors (Lipinski definition) is 1. The van der Waals surface area contributed by atoms with Gasteiger partial charge in [-0.2, -0.15) is 12.7 Å². The maximum absolute atomic E-state index is 13.7. The molecule has 0 bridgehead atoms. The standard InChI is InChI=1S/C25H31Cl2FN4O4S/c1-17(25(34)29-21-6-4-5-7-21)31(15-18-8-9-19(26)14-23(18)27)24(33)16-32(37(35,36)30(2)3)22-12-10-20(28)11-13-22/h8-14,17,21H,4-7,15-16H2,1-3H3,(H,29,34). The molecule has 2 amide bonds. The summed E-state index contributed by atoms with van der Waals surface area (Å²) in [5.74, 6) is -1.52. The fourth-order valence-electron chi connectivity index (χ4n) is 4.13. The number of carbonyl (C=O) groups is 2. The Morgan fingerprint density at radius 2 is 1.70 bits per heavy atom. The van der Waals surface area contributed by atoms with Gasteiger partial charge in [-0.15, -0.1) is 0 Å². The highest BCUT2D eigenvalue weighted by atomic mass is 35.5. The second-order valence-corrected chi connectivity index (χ2v) is 12.1. The molecule has 1 aliphatic carbocycles. The van der Waals surface area contributed by atoms with Gasteiger partial charge in [-0.25, -0.2) is 8.70 Å². The minimum Gasteiger partial charge on any atom is -0.352 e. The van der Waals surface area contributed by atoms with Crippen LogP contribution in [0.3, 0.4) is 0 Å². The summed E-state index contributed by atoms with van der Waals surface area (Å²) in [5.41, 5.74) is 0.653. The van der Waals surface area contributed by atoms with Gasteiger partial charge in [-0.05, 0) is 61.7 Å². The van der Waals surface area contributed by atoms with Crippen molar-refractivity contribution in [3.05, 3.63) is 63.9 Å². The largest absolute Gasteiger partial charge is 0.352 e. The van der Waals surface area contributed by atoms with Crippen molar-refractivity contribution in [3.8, 4) is 0 Å². The van der Waals surface area contributed by atoms with Crippen LogP contribution in [0.5, 0.6) is 0 Å². The zero-order valence-electron chi connectivity index (χ0n) is 21.0. The lowest BCUT2D eigenvalue weighted by Crippen LogP contribution is -2.53. The van der Waals surface area contributed by atoms with E-state index in [0.717, 1.165) is 46.4 Å². The van der Waals surface area contributed by atoms with E-state index in [1.807, 2.05) is 0 Å². The third-order valence-corrected chi connectivity index (χ3v) is 8.76. The molecule has 12 heteroatoms. The molecular formula is C25H31Cl2FN4O4S. The molecule has 1 atom stereocenters. The van der Waals surface area contributed by atoms with E-state index in [1.54, 1.807) is 19.1 Å². The van der Waals surface area contributed by atoms with Crippen LogP contribution < -0.4 is 9.62 Å². The number of halogens is 3. The molecule has 37 heavy (non-hydrogen) atoms. The Labute approximate surface area is 227 Å². The van der Waals surface area contributed by atoms with Gasteiger partial charge < -0.3 is 10.2 Å². The van der Waals surface area contributed by atoms with Crippen LogP contribution in [0.2, 0.25) is 10.0 Å². The van der Waals surface area contributed by atoms with Crippen molar-refractivity contribution in [1.29, 1.82) is 0 Å². The highest BCUT2D eigenvalue weighted by Crippen LogP contribution is 2.25. The summed E-state index contributed by atoms with van der Waals surface area (Å²) in [6.45, 7) is 0.931. The first-order valence-corrected chi connectivity index (χ1v) is 14.0. The van der Waals surface area contributed by atoms with E-state index >= 15 is 0 Å². The summed E-state index contributed by atoms with van der Waals surface area (Å²) in [5, 5.41) is 3.72. The molecule has 202 valence electrons. The van der Waals surface area contributed by atoms with Gasteiger partial charge in [0.05, 0.1) is 5.69 Å². The highest BCUT2D eigenvalue weighted by Gasteiger charge is 2.33. The lowest BCUT2D eigenvalue weighted by atomic mass is 10.1. The molecule has 0 saturated heterocycles. The topological polar surface area (TPSA) is 90.0 Å². The number of anilines is 1. The Kier molecular flexibility index (Phi) is 9.80. The maximum atomic E-state index is 13.7. The van der Waals surface area contributed by atoms with Crippen molar-refractivity contribution >= 4 is 50.9 Å². The van der Waals surface area contributed by atoms with Gasteiger partial charge >= 0.3 is 10.2 Å². The van der Waals surface area contributed by atoms with Crippen LogP contribution in [-0.4, -0.2) is 62.2 Å². The lowest BCUT2D eigenvalue weighted by Gasteiger charge is -2.33. The molecule has 1 aliphatic rings. The molecule has 1 saturated carbocycles. The second-order valence-electron chi connectivity index (χ2n) is 9.20. The van der Waals surface area contributed by atoms with Crippen LogP contribution in [0.1, 0.15) is 38.2 Å². The summed E-state index contributed by atoms with van der Waals surface area (Å²) < 4.78 is 41.6. The molecule has 2 aromatic rings. The van der Waals surface area contributed by atoms with Gasteiger partial charge in [0.2, 0.25) is 11.8 Å². The second kappa shape index (κ2) is 12.4.